The molecule has 1 rings (SSSR count). The van der Waals surface area contributed by atoms with E-state index in [1.807, 2.05) is 11.8 Å². The maximum Gasteiger partial charge on any atom is 0.407 e. The van der Waals surface area contributed by atoms with Gasteiger partial charge in [0, 0.05) is 19.6 Å². The van der Waals surface area contributed by atoms with Crippen molar-refractivity contribution in [3.8, 4) is 0 Å². The lowest BCUT2D eigenvalue weighted by Crippen LogP contribution is -2.44. The third-order valence-electron chi connectivity index (χ3n) is 2.92. The van der Waals surface area contributed by atoms with Crippen molar-refractivity contribution in [3.05, 3.63) is 0 Å². The molecular formula is C14H27F2IN4O2. The highest BCUT2D eigenvalue weighted by atomic mass is 127. The summed E-state index contributed by atoms with van der Waals surface area (Å²) in [4.78, 5) is 17.5. The number of alkyl carbamates (subject to hydrolysis) is 1. The number of alkyl halides is 2. The highest BCUT2D eigenvalue weighted by molar-refractivity contribution is 14.0. The molecule has 1 aliphatic rings. The molecule has 9 heteroatoms. The molecule has 0 spiro atoms. The second-order valence-electron chi connectivity index (χ2n) is 6.16. The largest absolute Gasteiger partial charge is 0.444 e. The first kappa shape index (κ1) is 22.1. The van der Waals surface area contributed by atoms with Crippen LogP contribution in [0.4, 0.5) is 13.6 Å². The molecule has 1 saturated heterocycles. The van der Waals surface area contributed by atoms with Crippen LogP contribution in [0.1, 0.15) is 34.1 Å². The minimum atomic E-state index is -2.47. The second-order valence-corrected chi connectivity index (χ2v) is 6.16. The number of nitrogens with one attached hydrogen (secondary N) is 2. The fourth-order valence-electron chi connectivity index (χ4n) is 2.13. The number of carbonyl (C=O) groups is 1. The van der Waals surface area contributed by atoms with Crippen LogP contribution in [0.5, 0.6) is 0 Å². The summed E-state index contributed by atoms with van der Waals surface area (Å²) >= 11 is 0. The standard InChI is InChI=1S/C14H26F2N4O2.HI/c1-5-17-12(18-8-11(15)16)20-7-6-10(9-20)19-13(21)22-14(2,3)4;/h10-11H,5-9H2,1-4H3,(H,17,18)(H,19,21);1H/t10-;/m1./s1. The minimum absolute atomic E-state index is 0. The molecule has 23 heavy (non-hydrogen) atoms. The molecule has 0 aromatic carbocycles. The molecule has 1 atom stereocenters. The Kier molecular flexibility index (Phi) is 9.71. The van der Waals surface area contributed by atoms with Gasteiger partial charge in [0.05, 0.1) is 6.04 Å². The summed E-state index contributed by atoms with van der Waals surface area (Å²) in [5.74, 6) is 0.455. The molecule has 0 radical (unpaired) electrons. The van der Waals surface area contributed by atoms with Crippen molar-refractivity contribution in [2.75, 3.05) is 26.2 Å². The van der Waals surface area contributed by atoms with E-state index in [0.29, 0.717) is 25.6 Å². The zero-order chi connectivity index (χ0) is 16.8. The third kappa shape index (κ3) is 9.11. The fourth-order valence-corrected chi connectivity index (χ4v) is 2.13. The van der Waals surface area contributed by atoms with Crippen LogP contribution < -0.4 is 10.6 Å². The van der Waals surface area contributed by atoms with E-state index in [-0.39, 0.29) is 30.0 Å². The first-order valence-electron chi connectivity index (χ1n) is 7.52. The van der Waals surface area contributed by atoms with Crippen LogP contribution in [0.2, 0.25) is 0 Å². The highest BCUT2D eigenvalue weighted by Gasteiger charge is 2.27. The second kappa shape index (κ2) is 10.1. The molecule has 0 aromatic heterocycles. The normalized spacial score (nSPS) is 18.7. The molecule has 1 heterocycles. The van der Waals surface area contributed by atoms with Crippen LogP contribution in [0.25, 0.3) is 0 Å². The molecule has 6 nitrogen and oxygen atoms in total. The molecule has 0 bridgehead atoms. The van der Waals surface area contributed by atoms with E-state index < -0.39 is 24.7 Å². The number of hydrogen-bond donors (Lipinski definition) is 2. The van der Waals surface area contributed by atoms with E-state index in [2.05, 4.69) is 15.6 Å². The Balaban J connectivity index is 0.00000484. The van der Waals surface area contributed by atoms with Gasteiger partial charge < -0.3 is 20.3 Å². The summed E-state index contributed by atoms with van der Waals surface area (Å²) < 4.78 is 29.8. The Hall–Kier alpha value is -0.870. The summed E-state index contributed by atoms with van der Waals surface area (Å²) in [6, 6.07) is -0.0785. The predicted molar refractivity (Wildman–Crippen MR) is 96.7 cm³/mol. The molecule has 1 fully saturated rings. The quantitative estimate of drug-likeness (QED) is 0.394. The van der Waals surface area contributed by atoms with Gasteiger partial charge in [-0.25, -0.2) is 18.6 Å². The Labute approximate surface area is 153 Å². The molecule has 0 unspecified atom stereocenters. The predicted octanol–water partition coefficient (Wildman–Crippen LogP) is 2.43. The number of aliphatic imine (C=N–C) groups is 1. The summed E-state index contributed by atoms with van der Waals surface area (Å²) in [7, 11) is 0. The first-order chi connectivity index (χ1) is 10.2. The van der Waals surface area contributed by atoms with Gasteiger partial charge in [-0.2, -0.15) is 0 Å². The van der Waals surface area contributed by atoms with Crippen molar-refractivity contribution in [1.82, 2.24) is 15.5 Å². The summed E-state index contributed by atoms with van der Waals surface area (Å²) in [5.41, 5.74) is -0.546. The fraction of sp³-hybridized carbons (Fsp3) is 0.857. The van der Waals surface area contributed by atoms with Gasteiger partial charge in [-0.3, -0.25) is 0 Å². The van der Waals surface area contributed by atoms with Gasteiger partial charge in [0.1, 0.15) is 12.1 Å². The Morgan fingerprint density at radius 2 is 2.09 bits per heavy atom. The highest BCUT2D eigenvalue weighted by Crippen LogP contribution is 2.12. The number of carbonyl (C=O) groups excluding carboxylic acids is 1. The van der Waals surface area contributed by atoms with Gasteiger partial charge in [-0.1, -0.05) is 0 Å². The van der Waals surface area contributed by atoms with E-state index in [1.165, 1.54) is 0 Å². The molecule has 1 amide bonds. The molecule has 0 aromatic rings. The first-order valence-corrected chi connectivity index (χ1v) is 7.52. The average Bonchev–Trinajstić information content (AvgIpc) is 2.80. The van der Waals surface area contributed by atoms with Gasteiger partial charge in [-0.15, -0.1) is 24.0 Å². The lowest BCUT2D eigenvalue weighted by molar-refractivity contribution is 0.0507. The van der Waals surface area contributed by atoms with E-state index in [4.69, 9.17) is 4.74 Å². The van der Waals surface area contributed by atoms with E-state index >= 15 is 0 Å². The average molecular weight is 448 g/mol. The number of guanidine groups is 1. The number of rotatable bonds is 4. The maximum absolute atomic E-state index is 12.3. The third-order valence-corrected chi connectivity index (χ3v) is 2.92. The number of likely N-dealkylation sites (tertiary alicyclic amines) is 1. The van der Waals surface area contributed by atoms with Crippen LogP contribution in [0, 0.1) is 0 Å². The Morgan fingerprint density at radius 1 is 1.43 bits per heavy atom. The van der Waals surface area contributed by atoms with Crippen LogP contribution in [0.3, 0.4) is 0 Å². The zero-order valence-corrected chi connectivity index (χ0v) is 16.4. The van der Waals surface area contributed by atoms with Crippen LogP contribution in [-0.4, -0.2) is 61.2 Å². The summed E-state index contributed by atoms with van der Waals surface area (Å²) in [6.07, 6.45) is -2.21. The Morgan fingerprint density at radius 3 is 2.61 bits per heavy atom. The monoisotopic (exact) mass is 448 g/mol. The molecule has 2 N–H and O–H groups in total. The molecule has 0 aliphatic carbocycles. The SMILES string of the molecule is CCNC(=NCC(F)F)N1CC[C@@H](NC(=O)OC(C)(C)C)C1.I. The van der Waals surface area contributed by atoms with Crippen LogP contribution >= 0.6 is 24.0 Å². The van der Waals surface area contributed by atoms with Gasteiger partial charge in [0.25, 0.3) is 6.43 Å². The number of hydrogen-bond acceptors (Lipinski definition) is 3. The molecule has 1 aliphatic heterocycles. The smallest absolute Gasteiger partial charge is 0.407 e. The van der Waals surface area contributed by atoms with Crippen molar-refractivity contribution < 1.29 is 18.3 Å². The van der Waals surface area contributed by atoms with Crippen molar-refractivity contribution >= 4 is 36.0 Å². The zero-order valence-electron chi connectivity index (χ0n) is 14.1. The van der Waals surface area contributed by atoms with Crippen molar-refractivity contribution in [2.45, 2.75) is 52.2 Å². The van der Waals surface area contributed by atoms with E-state index in [9.17, 15) is 13.6 Å². The van der Waals surface area contributed by atoms with E-state index in [1.54, 1.807) is 20.8 Å². The van der Waals surface area contributed by atoms with E-state index in [0.717, 1.165) is 6.42 Å². The number of amides is 1. The molecule has 0 saturated carbocycles. The summed E-state index contributed by atoms with van der Waals surface area (Å²) in [6.45, 7) is 8.52. The lowest BCUT2D eigenvalue weighted by Gasteiger charge is -2.23. The van der Waals surface area contributed by atoms with Crippen LogP contribution in [-0.2, 0) is 4.74 Å². The summed E-state index contributed by atoms with van der Waals surface area (Å²) in [5, 5.41) is 5.78. The van der Waals surface area contributed by atoms with Crippen LogP contribution in [0.15, 0.2) is 4.99 Å². The molecular weight excluding hydrogens is 421 g/mol. The Bertz CT molecular complexity index is 403. The van der Waals surface area contributed by atoms with Crippen molar-refractivity contribution in [3.63, 3.8) is 0 Å². The minimum Gasteiger partial charge on any atom is -0.444 e. The number of halogens is 3. The lowest BCUT2D eigenvalue weighted by atomic mass is 10.2. The van der Waals surface area contributed by atoms with Gasteiger partial charge in [0.2, 0.25) is 0 Å². The van der Waals surface area contributed by atoms with Gasteiger partial charge in [0.15, 0.2) is 5.96 Å². The van der Waals surface area contributed by atoms with Crippen molar-refractivity contribution in [1.29, 1.82) is 0 Å². The number of ether oxygens (including phenoxy) is 1. The van der Waals surface area contributed by atoms with Crippen molar-refractivity contribution in [2.24, 2.45) is 4.99 Å². The topological polar surface area (TPSA) is 66.0 Å². The number of nitrogens with zero attached hydrogens (tertiary/aromatic N) is 2. The molecule has 136 valence electrons. The maximum atomic E-state index is 12.3. The van der Waals surface area contributed by atoms with Gasteiger partial charge >= 0.3 is 6.09 Å². The van der Waals surface area contributed by atoms with Gasteiger partial charge in [-0.05, 0) is 34.1 Å².